The van der Waals surface area contributed by atoms with E-state index >= 15 is 0 Å². The van der Waals surface area contributed by atoms with Crippen molar-refractivity contribution in [3.05, 3.63) is 75.8 Å². The molecule has 1 N–H and O–H groups in total. The van der Waals surface area contributed by atoms with Crippen molar-refractivity contribution in [3.8, 4) is 11.4 Å². The molecule has 0 atom stereocenters. The lowest BCUT2D eigenvalue weighted by atomic mass is 10.2. The van der Waals surface area contributed by atoms with Gasteiger partial charge in [-0.3, -0.25) is 4.79 Å². The van der Waals surface area contributed by atoms with E-state index in [1.165, 1.54) is 17.4 Å². The third-order valence-electron chi connectivity index (χ3n) is 4.11. The molecule has 0 aliphatic carbocycles. The van der Waals surface area contributed by atoms with Gasteiger partial charge < -0.3 is 5.32 Å². The van der Waals surface area contributed by atoms with Gasteiger partial charge in [-0.25, -0.2) is 13.3 Å². The van der Waals surface area contributed by atoms with Crippen LogP contribution in [-0.2, 0) is 6.42 Å². The number of carbonyl (C=O) groups excluding carboxylic acids is 1. The monoisotopic (exact) mass is 418 g/mol. The van der Waals surface area contributed by atoms with Crippen molar-refractivity contribution in [1.29, 1.82) is 0 Å². The Kier molecular flexibility index (Phi) is 5.06. The highest BCUT2D eigenvalue weighted by molar-refractivity contribution is 7.15. The Morgan fingerprint density at radius 1 is 1.14 bits per heavy atom. The maximum Gasteiger partial charge on any atom is 0.257 e. The molecule has 0 saturated heterocycles. The molecule has 0 unspecified atom stereocenters. The summed E-state index contributed by atoms with van der Waals surface area (Å²) < 4.78 is 29.0. The molecular weight excluding hydrogens is 406 g/mol. The lowest BCUT2D eigenvalue weighted by Gasteiger charge is -2.06. The summed E-state index contributed by atoms with van der Waals surface area (Å²) in [4.78, 5) is 17.3. The Hall–Kier alpha value is -2.84. The molecule has 4 rings (SSSR count). The van der Waals surface area contributed by atoms with E-state index < -0.39 is 23.1 Å². The molecule has 4 aromatic rings. The number of nitrogens with zero attached hydrogens (tertiary/aromatic N) is 3. The molecule has 0 aliphatic rings. The van der Waals surface area contributed by atoms with Gasteiger partial charge in [-0.2, -0.15) is 4.98 Å². The summed E-state index contributed by atoms with van der Waals surface area (Å²) in [5.41, 5.74) is 1.10. The molecule has 142 valence electrons. The van der Waals surface area contributed by atoms with Crippen LogP contribution in [-0.4, -0.2) is 27.0 Å². The second kappa shape index (κ2) is 7.65. The van der Waals surface area contributed by atoms with Gasteiger partial charge in [-0.15, -0.1) is 16.4 Å². The number of fused-ring (bicyclic) bond motifs is 1. The fourth-order valence-electron chi connectivity index (χ4n) is 2.73. The first-order chi connectivity index (χ1) is 13.5. The average molecular weight is 419 g/mol. The van der Waals surface area contributed by atoms with Crippen LogP contribution in [0, 0.1) is 11.6 Å². The number of rotatable bonds is 5. The molecule has 2 heterocycles. The van der Waals surface area contributed by atoms with E-state index in [0.29, 0.717) is 22.2 Å². The molecule has 1 amide bonds. The zero-order valence-corrected chi connectivity index (χ0v) is 15.9. The van der Waals surface area contributed by atoms with E-state index in [-0.39, 0.29) is 6.54 Å². The fourth-order valence-corrected chi connectivity index (χ4v) is 3.71. The summed E-state index contributed by atoms with van der Waals surface area (Å²) in [7, 11) is 0. The number of hydrogen-bond acceptors (Lipinski definition) is 4. The topological polar surface area (TPSA) is 59.3 Å². The van der Waals surface area contributed by atoms with Crippen LogP contribution in [0.3, 0.4) is 0 Å². The first-order valence-electron chi connectivity index (χ1n) is 8.34. The normalized spacial score (nSPS) is 11.1. The van der Waals surface area contributed by atoms with E-state index in [2.05, 4.69) is 15.4 Å². The summed E-state index contributed by atoms with van der Waals surface area (Å²) in [5.74, 6) is -2.00. The number of aromatic nitrogens is 3. The molecule has 5 nitrogen and oxygen atoms in total. The highest BCUT2D eigenvalue weighted by Crippen LogP contribution is 2.22. The van der Waals surface area contributed by atoms with Crippen LogP contribution >= 0.6 is 22.9 Å². The van der Waals surface area contributed by atoms with Crippen LogP contribution in [0.5, 0.6) is 0 Å². The Bertz CT molecular complexity index is 1140. The summed E-state index contributed by atoms with van der Waals surface area (Å²) >= 11 is 7.33. The van der Waals surface area contributed by atoms with Crippen molar-refractivity contribution >= 4 is 33.8 Å². The Morgan fingerprint density at radius 2 is 1.86 bits per heavy atom. The highest BCUT2D eigenvalue weighted by atomic mass is 35.5. The number of benzene rings is 2. The van der Waals surface area contributed by atoms with Crippen LogP contribution in [0.1, 0.15) is 16.1 Å². The first kappa shape index (κ1) is 18.5. The molecule has 0 radical (unpaired) electrons. The zero-order valence-electron chi connectivity index (χ0n) is 14.3. The maximum atomic E-state index is 13.7. The Labute approximate surface area is 167 Å². The zero-order chi connectivity index (χ0) is 19.7. The van der Waals surface area contributed by atoms with Gasteiger partial charge in [-0.1, -0.05) is 17.7 Å². The van der Waals surface area contributed by atoms with Crippen LogP contribution in [0.25, 0.3) is 16.3 Å². The average Bonchev–Trinajstić information content (AvgIpc) is 3.24. The van der Waals surface area contributed by atoms with Crippen molar-refractivity contribution in [2.45, 2.75) is 6.42 Å². The molecule has 0 spiro atoms. The lowest BCUT2D eigenvalue weighted by Crippen LogP contribution is -2.27. The number of nitrogens with one attached hydrogen (secondary N) is 1. The molecule has 28 heavy (non-hydrogen) atoms. The van der Waals surface area contributed by atoms with Gasteiger partial charge in [0.1, 0.15) is 17.2 Å². The van der Waals surface area contributed by atoms with Gasteiger partial charge in [0.15, 0.2) is 5.82 Å². The predicted octanol–water partition coefficient (Wildman–Crippen LogP) is 4.36. The van der Waals surface area contributed by atoms with E-state index in [1.807, 2.05) is 17.5 Å². The van der Waals surface area contributed by atoms with Crippen LogP contribution < -0.4 is 5.32 Å². The SMILES string of the molecule is O=C(NCCc1csc2nc(-c3ccc(Cl)cc3)nn12)c1c(F)cccc1F. The second-order valence-electron chi connectivity index (χ2n) is 5.97. The minimum atomic E-state index is -0.890. The summed E-state index contributed by atoms with van der Waals surface area (Å²) in [6.07, 6.45) is 0.436. The third-order valence-corrected chi connectivity index (χ3v) is 5.23. The maximum absolute atomic E-state index is 13.7. The minimum absolute atomic E-state index is 0.203. The standard InChI is InChI=1S/C19H13ClF2N4OS/c20-12-6-4-11(5-7-12)17-24-19-26(25-17)13(10-28-19)8-9-23-18(27)16-14(21)2-1-3-15(16)22/h1-7,10H,8-9H2,(H,23,27). The quantitative estimate of drug-likeness (QED) is 0.524. The number of amides is 1. The molecule has 2 aromatic carbocycles. The fraction of sp³-hybridized carbons (Fsp3) is 0.105. The van der Waals surface area contributed by atoms with Crippen molar-refractivity contribution < 1.29 is 13.6 Å². The van der Waals surface area contributed by atoms with E-state index in [4.69, 9.17) is 11.6 Å². The molecule has 0 aliphatic heterocycles. The first-order valence-corrected chi connectivity index (χ1v) is 9.60. The smallest absolute Gasteiger partial charge is 0.257 e. The van der Waals surface area contributed by atoms with Crippen molar-refractivity contribution in [1.82, 2.24) is 19.9 Å². The van der Waals surface area contributed by atoms with Gasteiger partial charge >= 0.3 is 0 Å². The summed E-state index contributed by atoms with van der Waals surface area (Å²) in [6, 6.07) is 10.5. The Balaban J connectivity index is 1.47. The number of hydrogen-bond donors (Lipinski definition) is 1. The molecule has 9 heteroatoms. The van der Waals surface area contributed by atoms with Crippen LogP contribution in [0.15, 0.2) is 47.8 Å². The Morgan fingerprint density at radius 3 is 2.57 bits per heavy atom. The third kappa shape index (κ3) is 3.61. The molecule has 0 saturated carbocycles. The van der Waals surface area contributed by atoms with Crippen LogP contribution in [0.4, 0.5) is 8.78 Å². The largest absolute Gasteiger partial charge is 0.351 e. The van der Waals surface area contributed by atoms with Crippen LogP contribution in [0.2, 0.25) is 5.02 Å². The van der Waals surface area contributed by atoms with Gasteiger partial charge in [0.25, 0.3) is 5.91 Å². The van der Waals surface area contributed by atoms with Crippen molar-refractivity contribution in [2.24, 2.45) is 0 Å². The molecule has 2 aromatic heterocycles. The number of halogens is 3. The van der Waals surface area contributed by atoms with Gasteiger partial charge in [0.05, 0.1) is 5.69 Å². The summed E-state index contributed by atoms with van der Waals surface area (Å²) in [5, 5.41) is 9.55. The van der Waals surface area contributed by atoms with E-state index in [9.17, 15) is 13.6 Å². The van der Waals surface area contributed by atoms with E-state index in [1.54, 1.807) is 16.6 Å². The molecule has 0 fully saturated rings. The van der Waals surface area contributed by atoms with Crippen molar-refractivity contribution in [3.63, 3.8) is 0 Å². The minimum Gasteiger partial charge on any atom is -0.351 e. The van der Waals surface area contributed by atoms with Gasteiger partial charge in [0, 0.05) is 28.9 Å². The molecule has 0 bridgehead atoms. The molecular formula is C19H13ClF2N4OS. The summed E-state index contributed by atoms with van der Waals surface area (Å²) in [6.45, 7) is 0.203. The van der Waals surface area contributed by atoms with Crippen molar-refractivity contribution in [2.75, 3.05) is 6.54 Å². The van der Waals surface area contributed by atoms with E-state index in [0.717, 1.165) is 23.4 Å². The number of thiazole rings is 1. The lowest BCUT2D eigenvalue weighted by molar-refractivity contribution is 0.0945. The second-order valence-corrected chi connectivity index (χ2v) is 7.24. The predicted molar refractivity (Wildman–Crippen MR) is 104 cm³/mol. The van der Waals surface area contributed by atoms with Gasteiger partial charge in [-0.05, 0) is 36.4 Å². The highest BCUT2D eigenvalue weighted by Gasteiger charge is 2.17. The van der Waals surface area contributed by atoms with Gasteiger partial charge in [0.2, 0.25) is 4.96 Å². The number of carbonyl (C=O) groups is 1.